The van der Waals surface area contributed by atoms with Crippen molar-refractivity contribution in [2.24, 2.45) is 0 Å². The third kappa shape index (κ3) is 3.67. The largest absolute Gasteiger partial charge is 0.490 e. The van der Waals surface area contributed by atoms with E-state index in [1.807, 2.05) is 0 Å². The van der Waals surface area contributed by atoms with E-state index in [0.29, 0.717) is 31.3 Å². The van der Waals surface area contributed by atoms with Crippen molar-refractivity contribution in [1.29, 1.82) is 0 Å². The summed E-state index contributed by atoms with van der Waals surface area (Å²) >= 11 is 0. The minimum atomic E-state index is -0.482. The first kappa shape index (κ1) is 11.7. The molecular weight excluding hydrogens is 199 g/mol. The third-order valence-corrected chi connectivity index (χ3v) is 1.90. The SMILES string of the molecule is O=Cc1ccc(F)c(OCCCCO)c1. The van der Waals surface area contributed by atoms with E-state index in [4.69, 9.17) is 9.84 Å². The molecule has 0 fully saturated rings. The van der Waals surface area contributed by atoms with Crippen molar-refractivity contribution < 1.29 is 19.0 Å². The van der Waals surface area contributed by atoms with E-state index in [1.54, 1.807) is 0 Å². The number of aliphatic hydroxyl groups excluding tert-OH is 1. The second kappa shape index (κ2) is 6.14. The number of aldehydes is 1. The van der Waals surface area contributed by atoms with Crippen LogP contribution in [0.5, 0.6) is 5.75 Å². The standard InChI is InChI=1S/C11H13FO3/c12-10-4-3-9(8-14)7-11(10)15-6-2-1-5-13/h3-4,7-8,13H,1-2,5-6H2. The Morgan fingerprint density at radius 3 is 2.87 bits per heavy atom. The number of benzene rings is 1. The van der Waals surface area contributed by atoms with Crippen LogP contribution in [0.3, 0.4) is 0 Å². The Labute approximate surface area is 87.5 Å². The Morgan fingerprint density at radius 2 is 2.20 bits per heavy atom. The molecule has 0 amide bonds. The molecule has 0 bridgehead atoms. The molecule has 4 heteroatoms. The number of hydrogen-bond donors (Lipinski definition) is 1. The maximum absolute atomic E-state index is 13.1. The fourth-order valence-electron chi connectivity index (χ4n) is 1.10. The normalized spacial score (nSPS) is 10.0. The number of ether oxygens (including phenoxy) is 1. The maximum Gasteiger partial charge on any atom is 0.165 e. The van der Waals surface area contributed by atoms with Crippen molar-refractivity contribution in [1.82, 2.24) is 0 Å². The van der Waals surface area contributed by atoms with Crippen LogP contribution in [0.25, 0.3) is 0 Å². The van der Waals surface area contributed by atoms with Gasteiger partial charge in [-0.1, -0.05) is 0 Å². The van der Waals surface area contributed by atoms with Gasteiger partial charge in [0.1, 0.15) is 6.29 Å². The van der Waals surface area contributed by atoms with Gasteiger partial charge in [0.2, 0.25) is 0 Å². The van der Waals surface area contributed by atoms with Crippen molar-refractivity contribution in [3.63, 3.8) is 0 Å². The van der Waals surface area contributed by atoms with Gasteiger partial charge in [-0.05, 0) is 31.0 Å². The zero-order valence-corrected chi connectivity index (χ0v) is 8.28. The lowest BCUT2D eigenvalue weighted by molar-refractivity contribution is 0.112. The number of hydrogen-bond acceptors (Lipinski definition) is 3. The van der Waals surface area contributed by atoms with Crippen LogP contribution in [0.1, 0.15) is 23.2 Å². The first-order valence-electron chi connectivity index (χ1n) is 4.76. The number of unbranched alkanes of at least 4 members (excludes halogenated alkanes) is 1. The Balaban J connectivity index is 2.55. The molecule has 1 aromatic rings. The first-order chi connectivity index (χ1) is 7.27. The molecule has 0 aliphatic heterocycles. The molecule has 0 heterocycles. The first-order valence-corrected chi connectivity index (χ1v) is 4.76. The molecule has 1 N–H and O–H groups in total. The van der Waals surface area contributed by atoms with Gasteiger partial charge in [0.05, 0.1) is 6.61 Å². The highest BCUT2D eigenvalue weighted by Crippen LogP contribution is 2.18. The Kier molecular flexibility index (Phi) is 4.77. The van der Waals surface area contributed by atoms with E-state index < -0.39 is 5.82 Å². The van der Waals surface area contributed by atoms with Crippen LogP contribution in [0.4, 0.5) is 4.39 Å². The van der Waals surface area contributed by atoms with E-state index in [-0.39, 0.29) is 12.4 Å². The minimum absolute atomic E-state index is 0.0811. The van der Waals surface area contributed by atoms with Crippen LogP contribution >= 0.6 is 0 Å². The monoisotopic (exact) mass is 212 g/mol. The highest BCUT2D eigenvalue weighted by atomic mass is 19.1. The Bertz CT molecular complexity index is 326. The average molecular weight is 212 g/mol. The summed E-state index contributed by atoms with van der Waals surface area (Å²) in [5.41, 5.74) is 0.383. The van der Waals surface area contributed by atoms with Gasteiger partial charge in [0.15, 0.2) is 11.6 Å². The van der Waals surface area contributed by atoms with Crippen molar-refractivity contribution in [2.45, 2.75) is 12.8 Å². The lowest BCUT2D eigenvalue weighted by atomic mass is 10.2. The lowest BCUT2D eigenvalue weighted by Crippen LogP contribution is -2.00. The topological polar surface area (TPSA) is 46.5 Å². The van der Waals surface area contributed by atoms with Crippen molar-refractivity contribution >= 4 is 6.29 Å². The maximum atomic E-state index is 13.1. The smallest absolute Gasteiger partial charge is 0.165 e. The van der Waals surface area contributed by atoms with E-state index in [2.05, 4.69) is 0 Å². The van der Waals surface area contributed by atoms with Crippen molar-refractivity contribution in [2.75, 3.05) is 13.2 Å². The molecule has 0 aliphatic carbocycles. The van der Waals surface area contributed by atoms with Crippen molar-refractivity contribution in [3.05, 3.63) is 29.6 Å². The second-order valence-corrected chi connectivity index (χ2v) is 3.09. The Morgan fingerprint density at radius 1 is 1.40 bits per heavy atom. The fourth-order valence-corrected chi connectivity index (χ4v) is 1.10. The average Bonchev–Trinajstić information content (AvgIpc) is 2.26. The van der Waals surface area contributed by atoms with E-state index in [0.717, 1.165) is 0 Å². The summed E-state index contributed by atoms with van der Waals surface area (Å²) < 4.78 is 18.3. The van der Waals surface area contributed by atoms with Crippen LogP contribution in [-0.2, 0) is 0 Å². The Hall–Kier alpha value is -1.42. The quantitative estimate of drug-likeness (QED) is 0.577. The molecule has 0 radical (unpaired) electrons. The number of carbonyl (C=O) groups excluding carboxylic acids is 1. The molecule has 0 spiro atoms. The predicted octanol–water partition coefficient (Wildman–Crippen LogP) is 1.79. The van der Waals surface area contributed by atoms with Gasteiger partial charge in [-0.3, -0.25) is 4.79 Å². The van der Waals surface area contributed by atoms with Gasteiger partial charge < -0.3 is 9.84 Å². The van der Waals surface area contributed by atoms with Gasteiger partial charge in [0, 0.05) is 12.2 Å². The molecular formula is C11H13FO3. The summed E-state index contributed by atoms with van der Waals surface area (Å²) in [5.74, 6) is -0.401. The fraction of sp³-hybridized carbons (Fsp3) is 0.364. The van der Waals surface area contributed by atoms with Gasteiger partial charge in [0.25, 0.3) is 0 Å². The third-order valence-electron chi connectivity index (χ3n) is 1.90. The van der Waals surface area contributed by atoms with Crippen LogP contribution in [0.15, 0.2) is 18.2 Å². The van der Waals surface area contributed by atoms with Crippen molar-refractivity contribution in [3.8, 4) is 5.75 Å². The van der Waals surface area contributed by atoms with Gasteiger partial charge in [-0.25, -0.2) is 4.39 Å². The summed E-state index contributed by atoms with van der Waals surface area (Å²) in [4.78, 5) is 10.4. The zero-order chi connectivity index (χ0) is 11.1. The summed E-state index contributed by atoms with van der Waals surface area (Å²) in [6.45, 7) is 0.431. The lowest BCUT2D eigenvalue weighted by Gasteiger charge is -2.06. The second-order valence-electron chi connectivity index (χ2n) is 3.09. The zero-order valence-electron chi connectivity index (χ0n) is 8.28. The number of aliphatic hydroxyl groups is 1. The van der Waals surface area contributed by atoms with Gasteiger partial charge in [-0.15, -0.1) is 0 Å². The molecule has 3 nitrogen and oxygen atoms in total. The van der Waals surface area contributed by atoms with Crippen LogP contribution < -0.4 is 4.74 Å². The van der Waals surface area contributed by atoms with Gasteiger partial charge in [-0.2, -0.15) is 0 Å². The molecule has 15 heavy (non-hydrogen) atoms. The molecule has 0 saturated carbocycles. The number of rotatable bonds is 6. The minimum Gasteiger partial charge on any atom is -0.490 e. The molecule has 0 unspecified atom stereocenters. The summed E-state index contributed by atoms with van der Waals surface area (Å²) in [6, 6.07) is 3.95. The highest BCUT2D eigenvalue weighted by Gasteiger charge is 2.03. The molecule has 0 saturated heterocycles. The predicted molar refractivity (Wildman–Crippen MR) is 53.6 cm³/mol. The van der Waals surface area contributed by atoms with E-state index in [1.165, 1.54) is 18.2 Å². The summed E-state index contributed by atoms with van der Waals surface area (Å²) in [5, 5.41) is 8.52. The van der Waals surface area contributed by atoms with Crippen LogP contribution in [-0.4, -0.2) is 24.6 Å². The number of halogens is 1. The summed E-state index contributed by atoms with van der Waals surface area (Å²) in [7, 11) is 0. The molecule has 0 aliphatic rings. The molecule has 1 aromatic carbocycles. The van der Waals surface area contributed by atoms with Gasteiger partial charge >= 0.3 is 0 Å². The van der Waals surface area contributed by atoms with E-state index >= 15 is 0 Å². The molecule has 1 rings (SSSR count). The summed E-state index contributed by atoms with van der Waals surface area (Å²) in [6.07, 6.45) is 1.91. The highest BCUT2D eigenvalue weighted by molar-refractivity contribution is 5.75. The number of carbonyl (C=O) groups is 1. The van der Waals surface area contributed by atoms with Crippen LogP contribution in [0.2, 0.25) is 0 Å². The van der Waals surface area contributed by atoms with Crippen LogP contribution in [0, 0.1) is 5.82 Å². The van der Waals surface area contributed by atoms with E-state index in [9.17, 15) is 9.18 Å². The molecule has 82 valence electrons. The molecule has 0 atom stereocenters. The molecule has 0 aromatic heterocycles.